The molecule has 1 amide bonds. The van der Waals surface area contributed by atoms with Gasteiger partial charge >= 0.3 is 0 Å². The van der Waals surface area contributed by atoms with Gasteiger partial charge in [0.1, 0.15) is 5.82 Å². The quantitative estimate of drug-likeness (QED) is 0.642. The SMILES string of the molecule is CCn1c(CNC(=O)c2ccc3c(=O)n4c(nc3c2)CCCCCC4)n[nH]c1=S. The third kappa shape index (κ3) is 3.87. The van der Waals surface area contributed by atoms with E-state index in [2.05, 4.69) is 15.5 Å². The minimum atomic E-state index is -0.239. The van der Waals surface area contributed by atoms with Crippen LogP contribution in [0.1, 0.15) is 54.6 Å². The van der Waals surface area contributed by atoms with E-state index in [0.29, 0.717) is 40.2 Å². The molecule has 0 unspecified atom stereocenters. The fourth-order valence-corrected chi connectivity index (χ4v) is 4.09. The van der Waals surface area contributed by atoms with Gasteiger partial charge in [0.25, 0.3) is 11.5 Å². The van der Waals surface area contributed by atoms with Crippen LogP contribution in [0.2, 0.25) is 0 Å². The Labute approximate surface area is 173 Å². The summed E-state index contributed by atoms with van der Waals surface area (Å²) < 4.78 is 4.16. The first kappa shape index (κ1) is 19.5. The lowest BCUT2D eigenvalue weighted by Crippen LogP contribution is -2.27. The molecule has 0 spiro atoms. The molecule has 4 rings (SSSR count). The number of nitrogens with zero attached hydrogens (tertiary/aromatic N) is 4. The number of aromatic amines is 1. The molecule has 2 aromatic heterocycles. The molecule has 9 heteroatoms. The van der Waals surface area contributed by atoms with Crippen LogP contribution in [0.3, 0.4) is 0 Å². The molecule has 1 aliphatic heterocycles. The van der Waals surface area contributed by atoms with Crippen molar-refractivity contribution in [3.63, 3.8) is 0 Å². The van der Waals surface area contributed by atoms with Gasteiger partial charge in [0.15, 0.2) is 10.6 Å². The molecule has 152 valence electrons. The summed E-state index contributed by atoms with van der Waals surface area (Å²) in [5.74, 6) is 1.25. The highest BCUT2D eigenvalue weighted by Gasteiger charge is 2.15. The molecule has 0 fully saturated rings. The van der Waals surface area contributed by atoms with E-state index < -0.39 is 0 Å². The van der Waals surface area contributed by atoms with E-state index in [4.69, 9.17) is 17.2 Å². The summed E-state index contributed by atoms with van der Waals surface area (Å²) in [4.78, 5) is 30.3. The number of carbonyl (C=O) groups excluding carboxylic acids is 1. The van der Waals surface area contributed by atoms with Gasteiger partial charge < -0.3 is 9.88 Å². The van der Waals surface area contributed by atoms with E-state index >= 15 is 0 Å². The maximum Gasteiger partial charge on any atom is 0.261 e. The average Bonchev–Trinajstić information content (AvgIpc) is 3.06. The summed E-state index contributed by atoms with van der Waals surface area (Å²) in [5.41, 5.74) is 1.03. The predicted molar refractivity (Wildman–Crippen MR) is 112 cm³/mol. The van der Waals surface area contributed by atoms with Gasteiger partial charge in [-0.1, -0.05) is 12.8 Å². The topological polar surface area (TPSA) is 97.6 Å². The lowest BCUT2D eigenvalue weighted by molar-refractivity contribution is 0.0949. The summed E-state index contributed by atoms with van der Waals surface area (Å²) in [5, 5.41) is 10.3. The van der Waals surface area contributed by atoms with Gasteiger partial charge in [0.05, 0.1) is 17.4 Å². The van der Waals surface area contributed by atoms with Crippen LogP contribution in [0.25, 0.3) is 10.9 Å². The highest BCUT2D eigenvalue weighted by molar-refractivity contribution is 7.71. The van der Waals surface area contributed by atoms with E-state index in [9.17, 15) is 9.59 Å². The molecule has 29 heavy (non-hydrogen) atoms. The molecular formula is C20H24N6O2S. The fraction of sp³-hybridized carbons (Fsp3) is 0.450. The smallest absolute Gasteiger partial charge is 0.261 e. The highest BCUT2D eigenvalue weighted by Crippen LogP contribution is 2.16. The number of hydrogen-bond acceptors (Lipinski definition) is 5. The number of amides is 1. The van der Waals surface area contributed by atoms with Crippen molar-refractivity contribution in [1.29, 1.82) is 0 Å². The van der Waals surface area contributed by atoms with Crippen LogP contribution >= 0.6 is 12.2 Å². The van der Waals surface area contributed by atoms with Crippen molar-refractivity contribution in [2.24, 2.45) is 0 Å². The lowest BCUT2D eigenvalue weighted by atomic mass is 10.1. The molecule has 8 nitrogen and oxygen atoms in total. The number of H-pyrrole nitrogens is 1. The van der Waals surface area contributed by atoms with E-state index in [1.165, 1.54) is 0 Å². The number of rotatable bonds is 4. The Hall–Kier alpha value is -2.81. The van der Waals surface area contributed by atoms with Crippen molar-refractivity contribution >= 4 is 29.0 Å². The van der Waals surface area contributed by atoms with Crippen molar-refractivity contribution in [2.45, 2.75) is 58.7 Å². The second kappa shape index (κ2) is 8.28. The normalized spacial score (nSPS) is 14.2. The van der Waals surface area contributed by atoms with Crippen LogP contribution in [0.4, 0.5) is 0 Å². The summed E-state index contributed by atoms with van der Waals surface area (Å²) in [7, 11) is 0. The molecule has 1 aliphatic rings. The van der Waals surface area contributed by atoms with Crippen LogP contribution < -0.4 is 10.9 Å². The molecule has 0 saturated carbocycles. The van der Waals surface area contributed by atoms with Gasteiger partial charge in [-0.2, -0.15) is 5.10 Å². The molecule has 2 N–H and O–H groups in total. The van der Waals surface area contributed by atoms with Crippen molar-refractivity contribution in [3.05, 3.63) is 50.5 Å². The molecule has 0 saturated heterocycles. The Balaban J connectivity index is 1.61. The average molecular weight is 413 g/mol. The molecule has 3 aromatic rings. The van der Waals surface area contributed by atoms with Crippen LogP contribution in [0.15, 0.2) is 23.0 Å². The minimum absolute atomic E-state index is 0.0163. The van der Waals surface area contributed by atoms with Gasteiger partial charge in [-0.05, 0) is 50.2 Å². The van der Waals surface area contributed by atoms with Crippen LogP contribution in [0, 0.1) is 4.77 Å². The Morgan fingerprint density at radius 2 is 2.10 bits per heavy atom. The highest BCUT2D eigenvalue weighted by atomic mass is 32.1. The standard InChI is InChI=1S/C20H24N6O2S/c1-2-25-17(23-24-20(25)29)12-21-18(27)13-8-9-14-15(11-13)22-16-7-5-3-4-6-10-26(16)19(14)28/h8-9,11H,2-7,10,12H2,1H3,(H,21,27)(H,24,29). The number of aryl methyl sites for hydroxylation is 1. The molecule has 0 aliphatic carbocycles. The van der Waals surface area contributed by atoms with E-state index in [1.807, 2.05) is 11.5 Å². The molecule has 0 radical (unpaired) electrons. The number of hydrogen-bond donors (Lipinski definition) is 2. The van der Waals surface area contributed by atoms with E-state index in [-0.39, 0.29) is 18.0 Å². The lowest BCUT2D eigenvalue weighted by Gasteiger charge is -2.16. The molecule has 1 aromatic carbocycles. The summed E-state index contributed by atoms with van der Waals surface area (Å²) >= 11 is 5.17. The first-order valence-electron chi connectivity index (χ1n) is 10.0. The summed E-state index contributed by atoms with van der Waals surface area (Å²) in [6, 6.07) is 5.07. The number of carbonyl (C=O) groups is 1. The van der Waals surface area contributed by atoms with Gasteiger partial charge in [0.2, 0.25) is 0 Å². The number of benzene rings is 1. The largest absolute Gasteiger partial charge is 0.345 e. The zero-order valence-corrected chi connectivity index (χ0v) is 17.2. The first-order chi connectivity index (χ1) is 14.1. The van der Waals surface area contributed by atoms with Gasteiger partial charge in [0, 0.05) is 25.1 Å². The zero-order valence-electron chi connectivity index (χ0n) is 16.4. The maximum atomic E-state index is 12.9. The number of nitrogens with one attached hydrogen (secondary N) is 2. The van der Waals surface area contributed by atoms with E-state index in [0.717, 1.165) is 37.9 Å². The fourth-order valence-electron chi connectivity index (χ4n) is 3.81. The van der Waals surface area contributed by atoms with Gasteiger partial charge in [-0.25, -0.2) is 4.98 Å². The third-order valence-electron chi connectivity index (χ3n) is 5.39. The summed E-state index contributed by atoms with van der Waals surface area (Å²) in [6.45, 7) is 3.62. The van der Waals surface area contributed by atoms with Crippen LogP contribution in [-0.4, -0.2) is 30.2 Å². The van der Waals surface area contributed by atoms with Crippen molar-refractivity contribution in [3.8, 4) is 0 Å². The predicted octanol–water partition coefficient (Wildman–Crippen LogP) is 2.72. The van der Waals surface area contributed by atoms with Crippen molar-refractivity contribution in [2.75, 3.05) is 0 Å². The van der Waals surface area contributed by atoms with Crippen LogP contribution in [0.5, 0.6) is 0 Å². The second-order valence-corrected chi connectivity index (χ2v) is 7.64. The van der Waals surface area contributed by atoms with Crippen molar-refractivity contribution in [1.82, 2.24) is 29.6 Å². The molecule has 3 heterocycles. The minimum Gasteiger partial charge on any atom is -0.345 e. The Morgan fingerprint density at radius 3 is 2.93 bits per heavy atom. The Morgan fingerprint density at radius 1 is 1.28 bits per heavy atom. The summed E-state index contributed by atoms with van der Waals surface area (Å²) in [6.07, 6.45) is 5.13. The molecule has 0 bridgehead atoms. The van der Waals surface area contributed by atoms with Crippen LogP contribution in [-0.2, 0) is 26.1 Å². The van der Waals surface area contributed by atoms with Crippen molar-refractivity contribution < 1.29 is 4.79 Å². The van der Waals surface area contributed by atoms with Gasteiger partial charge in [-0.15, -0.1) is 0 Å². The monoisotopic (exact) mass is 412 g/mol. The Bertz CT molecular complexity index is 1180. The van der Waals surface area contributed by atoms with E-state index in [1.54, 1.807) is 22.8 Å². The molecule has 0 atom stereocenters. The molecular weight excluding hydrogens is 388 g/mol. The zero-order chi connectivity index (χ0) is 20.4. The van der Waals surface area contributed by atoms with Gasteiger partial charge in [-0.3, -0.25) is 19.3 Å². The second-order valence-electron chi connectivity index (χ2n) is 7.25. The first-order valence-corrected chi connectivity index (χ1v) is 10.4. The third-order valence-corrected chi connectivity index (χ3v) is 5.70. The maximum absolute atomic E-state index is 12.9. The Kier molecular flexibility index (Phi) is 5.57. The number of aromatic nitrogens is 5. The number of fused-ring (bicyclic) bond motifs is 2.